The van der Waals surface area contributed by atoms with Crippen LogP contribution in [-0.2, 0) is 17.9 Å². The quantitative estimate of drug-likeness (QED) is 0.556. The molecule has 0 aliphatic carbocycles. The van der Waals surface area contributed by atoms with Crippen molar-refractivity contribution in [2.24, 2.45) is 5.73 Å². The van der Waals surface area contributed by atoms with Crippen LogP contribution in [-0.4, -0.2) is 26.4 Å². The van der Waals surface area contributed by atoms with E-state index in [4.69, 9.17) is 5.73 Å². The van der Waals surface area contributed by atoms with Crippen LogP contribution in [0.15, 0.2) is 29.4 Å². The zero-order chi connectivity index (χ0) is 15.2. The molecule has 0 saturated carbocycles. The normalized spacial score (nSPS) is 10.6. The van der Waals surface area contributed by atoms with Crippen molar-refractivity contribution in [1.82, 2.24) is 14.8 Å². The molecule has 0 aliphatic heterocycles. The fraction of sp³-hybridized carbons (Fsp3) is 0.308. The topological polar surface area (TPSA) is 85.8 Å². The number of anilines is 1. The molecule has 0 fully saturated rings. The Morgan fingerprint density at radius 2 is 2.29 bits per heavy atom. The number of benzene rings is 1. The summed E-state index contributed by atoms with van der Waals surface area (Å²) in [5.41, 5.74) is 6.40. The van der Waals surface area contributed by atoms with Gasteiger partial charge < -0.3 is 15.6 Å². The summed E-state index contributed by atoms with van der Waals surface area (Å²) < 4.78 is 3.00. The van der Waals surface area contributed by atoms with Crippen LogP contribution in [0.2, 0.25) is 0 Å². The second-order valence-corrected chi connectivity index (χ2v) is 6.38. The predicted molar refractivity (Wildman–Crippen MR) is 92.1 cm³/mol. The standard InChI is InChI=1S/C13H16IN5OS/c1-2-19-11(7-15)17-18-13(19)21-8-12(20)16-10-5-3-4-9(14)6-10/h3-6H,2,7-8,15H2,1H3,(H,16,20). The molecular weight excluding hydrogens is 401 g/mol. The first-order valence-corrected chi connectivity index (χ1v) is 8.50. The number of nitrogens with zero attached hydrogens (tertiary/aromatic N) is 3. The van der Waals surface area contributed by atoms with Gasteiger partial charge in [-0.25, -0.2) is 0 Å². The maximum absolute atomic E-state index is 12.0. The van der Waals surface area contributed by atoms with Crippen molar-refractivity contribution in [2.75, 3.05) is 11.1 Å². The summed E-state index contributed by atoms with van der Waals surface area (Å²) in [5.74, 6) is 0.953. The summed E-state index contributed by atoms with van der Waals surface area (Å²) in [4.78, 5) is 12.0. The Morgan fingerprint density at radius 3 is 2.95 bits per heavy atom. The molecule has 112 valence electrons. The van der Waals surface area contributed by atoms with Gasteiger partial charge in [0.05, 0.1) is 12.3 Å². The van der Waals surface area contributed by atoms with Crippen LogP contribution in [0.25, 0.3) is 0 Å². The molecule has 3 N–H and O–H groups in total. The van der Waals surface area contributed by atoms with E-state index in [0.717, 1.165) is 26.8 Å². The van der Waals surface area contributed by atoms with Crippen LogP contribution >= 0.6 is 34.4 Å². The molecule has 2 rings (SSSR count). The van der Waals surface area contributed by atoms with Crippen molar-refractivity contribution in [3.63, 3.8) is 0 Å². The third-order valence-electron chi connectivity index (χ3n) is 2.73. The average Bonchev–Trinajstić information content (AvgIpc) is 2.87. The highest BCUT2D eigenvalue weighted by atomic mass is 127. The van der Waals surface area contributed by atoms with E-state index >= 15 is 0 Å². The number of aromatic nitrogens is 3. The summed E-state index contributed by atoms with van der Waals surface area (Å²) in [6, 6.07) is 7.67. The Bertz CT molecular complexity index is 631. The summed E-state index contributed by atoms with van der Waals surface area (Å²) in [5, 5.41) is 11.7. The molecule has 0 unspecified atom stereocenters. The number of hydrogen-bond acceptors (Lipinski definition) is 5. The zero-order valence-corrected chi connectivity index (χ0v) is 14.5. The zero-order valence-electron chi connectivity index (χ0n) is 11.5. The van der Waals surface area contributed by atoms with E-state index in [1.807, 2.05) is 35.8 Å². The summed E-state index contributed by atoms with van der Waals surface area (Å²) in [7, 11) is 0. The van der Waals surface area contributed by atoms with Gasteiger partial charge in [0, 0.05) is 15.8 Å². The fourth-order valence-corrected chi connectivity index (χ4v) is 3.15. The minimum absolute atomic E-state index is 0.0676. The van der Waals surface area contributed by atoms with Crippen LogP contribution < -0.4 is 11.1 Å². The van der Waals surface area contributed by atoms with E-state index in [2.05, 4.69) is 38.1 Å². The van der Waals surface area contributed by atoms with Crippen LogP contribution in [0.5, 0.6) is 0 Å². The minimum atomic E-state index is -0.0676. The summed E-state index contributed by atoms with van der Waals surface area (Å²) in [6.45, 7) is 3.08. The van der Waals surface area contributed by atoms with E-state index < -0.39 is 0 Å². The molecule has 0 spiro atoms. The van der Waals surface area contributed by atoms with Crippen molar-refractivity contribution in [3.05, 3.63) is 33.7 Å². The first-order chi connectivity index (χ1) is 10.1. The fourth-order valence-electron chi connectivity index (χ4n) is 1.79. The SMILES string of the molecule is CCn1c(CN)nnc1SCC(=O)Nc1cccc(I)c1. The molecular formula is C13H16IN5OS. The molecule has 2 aromatic rings. The Kier molecular flexibility index (Phi) is 6.00. The molecule has 0 aliphatic rings. The Hall–Kier alpha value is -1.13. The van der Waals surface area contributed by atoms with Gasteiger partial charge in [0.2, 0.25) is 5.91 Å². The maximum Gasteiger partial charge on any atom is 0.234 e. The molecule has 8 heteroatoms. The lowest BCUT2D eigenvalue weighted by atomic mass is 10.3. The molecule has 1 amide bonds. The van der Waals surface area contributed by atoms with Gasteiger partial charge in [0.25, 0.3) is 0 Å². The van der Waals surface area contributed by atoms with E-state index in [9.17, 15) is 4.79 Å². The molecule has 0 atom stereocenters. The summed E-state index contributed by atoms with van der Waals surface area (Å²) in [6.07, 6.45) is 0. The van der Waals surface area contributed by atoms with Crippen molar-refractivity contribution in [1.29, 1.82) is 0 Å². The van der Waals surface area contributed by atoms with Crippen LogP contribution in [0, 0.1) is 3.57 Å². The molecule has 21 heavy (non-hydrogen) atoms. The first-order valence-electron chi connectivity index (χ1n) is 6.44. The third kappa shape index (κ3) is 4.42. The van der Waals surface area contributed by atoms with Crippen LogP contribution in [0.4, 0.5) is 5.69 Å². The number of thioether (sulfide) groups is 1. The number of carbonyl (C=O) groups is 1. The van der Waals surface area contributed by atoms with Gasteiger partial charge in [-0.15, -0.1) is 10.2 Å². The third-order valence-corrected chi connectivity index (χ3v) is 4.37. The number of nitrogens with one attached hydrogen (secondary N) is 1. The van der Waals surface area contributed by atoms with Crippen molar-refractivity contribution in [2.45, 2.75) is 25.2 Å². The lowest BCUT2D eigenvalue weighted by Gasteiger charge is -2.07. The number of carbonyl (C=O) groups excluding carboxylic acids is 1. The minimum Gasteiger partial charge on any atom is -0.325 e. The number of hydrogen-bond donors (Lipinski definition) is 2. The van der Waals surface area contributed by atoms with E-state index in [1.54, 1.807) is 0 Å². The Labute approximate surface area is 141 Å². The second kappa shape index (κ2) is 7.76. The number of rotatable bonds is 6. The van der Waals surface area contributed by atoms with Crippen molar-refractivity contribution < 1.29 is 4.79 Å². The molecule has 1 heterocycles. The number of nitrogens with two attached hydrogens (primary N) is 1. The highest BCUT2D eigenvalue weighted by Gasteiger charge is 2.12. The van der Waals surface area contributed by atoms with Crippen molar-refractivity contribution >= 4 is 45.9 Å². The van der Waals surface area contributed by atoms with E-state index in [0.29, 0.717) is 6.54 Å². The monoisotopic (exact) mass is 417 g/mol. The number of halogens is 1. The predicted octanol–water partition coefficient (Wildman–Crippen LogP) is 2.09. The Morgan fingerprint density at radius 1 is 1.48 bits per heavy atom. The average molecular weight is 417 g/mol. The second-order valence-electron chi connectivity index (χ2n) is 4.19. The van der Waals surface area contributed by atoms with Crippen LogP contribution in [0.3, 0.4) is 0 Å². The highest BCUT2D eigenvalue weighted by Crippen LogP contribution is 2.18. The lowest BCUT2D eigenvalue weighted by molar-refractivity contribution is -0.113. The van der Waals surface area contributed by atoms with Gasteiger partial charge in [-0.1, -0.05) is 17.8 Å². The largest absolute Gasteiger partial charge is 0.325 e. The highest BCUT2D eigenvalue weighted by molar-refractivity contribution is 14.1. The van der Waals surface area contributed by atoms with Gasteiger partial charge in [-0.2, -0.15) is 0 Å². The maximum atomic E-state index is 12.0. The molecule has 0 bridgehead atoms. The van der Waals surface area contributed by atoms with Gasteiger partial charge in [0.1, 0.15) is 5.82 Å². The van der Waals surface area contributed by atoms with E-state index in [-0.39, 0.29) is 11.7 Å². The lowest BCUT2D eigenvalue weighted by Crippen LogP contribution is -2.15. The van der Waals surface area contributed by atoms with Gasteiger partial charge in [-0.05, 0) is 47.7 Å². The Balaban J connectivity index is 1.94. The molecule has 0 saturated heterocycles. The van der Waals surface area contributed by atoms with E-state index in [1.165, 1.54) is 11.8 Å². The van der Waals surface area contributed by atoms with Gasteiger partial charge >= 0.3 is 0 Å². The van der Waals surface area contributed by atoms with Gasteiger partial charge in [-0.3, -0.25) is 4.79 Å². The molecule has 6 nitrogen and oxygen atoms in total. The van der Waals surface area contributed by atoms with Crippen LogP contribution in [0.1, 0.15) is 12.7 Å². The molecule has 1 aromatic carbocycles. The van der Waals surface area contributed by atoms with Gasteiger partial charge in [0.15, 0.2) is 5.16 Å². The smallest absolute Gasteiger partial charge is 0.234 e. The number of amides is 1. The molecule has 0 radical (unpaired) electrons. The van der Waals surface area contributed by atoms with Crippen molar-refractivity contribution in [3.8, 4) is 0 Å². The molecule has 1 aromatic heterocycles. The first kappa shape index (κ1) is 16.2. The summed E-state index contributed by atoms with van der Waals surface area (Å²) >= 11 is 3.57.